The molecule has 0 aliphatic heterocycles. The Balaban J connectivity index is 2.19. The van der Waals surface area contributed by atoms with Crippen molar-refractivity contribution < 1.29 is 5.11 Å². The van der Waals surface area contributed by atoms with E-state index in [1.807, 2.05) is 37.3 Å². The number of aromatic nitrogens is 2. The van der Waals surface area contributed by atoms with E-state index in [1.54, 1.807) is 18.2 Å². The van der Waals surface area contributed by atoms with Crippen LogP contribution in [-0.4, -0.2) is 27.7 Å². The fourth-order valence-corrected chi connectivity index (χ4v) is 2.74. The van der Waals surface area contributed by atoms with E-state index < -0.39 is 0 Å². The molecule has 0 fully saturated rings. The first-order valence-electron chi connectivity index (χ1n) is 8.42. The fourth-order valence-electron chi connectivity index (χ4n) is 2.74. The van der Waals surface area contributed by atoms with Gasteiger partial charge in [-0.25, -0.2) is 9.97 Å². The van der Waals surface area contributed by atoms with Gasteiger partial charge < -0.3 is 16.2 Å². The highest BCUT2D eigenvalue weighted by Crippen LogP contribution is 2.33. The van der Waals surface area contributed by atoms with Crippen LogP contribution in [0.1, 0.15) is 18.1 Å². The molecular weight excluding hydrogens is 324 g/mol. The third-order valence-corrected chi connectivity index (χ3v) is 4.08. The quantitative estimate of drug-likeness (QED) is 0.627. The van der Waals surface area contributed by atoms with Crippen LogP contribution in [-0.2, 0) is 0 Å². The highest BCUT2D eigenvalue weighted by Gasteiger charge is 2.14. The van der Waals surface area contributed by atoms with Crippen molar-refractivity contribution in [2.24, 2.45) is 5.73 Å². The number of aromatic hydroxyl groups is 1. The van der Waals surface area contributed by atoms with Gasteiger partial charge in [-0.2, -0.15) is 0 Å². The summed E-state index contributed by atoms with van der Waals surface area (Å²) >= 11 is 0. The Morgan fingerprint density at radius 3 is 2.54 bits per heavy atom. The largest absolute Gasteiger partial charge is 0.507 e. The number of anilines is 1. The second-order valence-corrected chi connectivity index (χ2v) is 6.18. The number of benzene rings is 2. The molecule has 4 N–H and O–H groups in total. The summed E-state index contributed by atoms with van der Waals surface area (Å²) in [7, 11) is 0. The normalized spacial score (nSPS) is 11.9. The number of nitrogens with one attached hydrogen (secondary N) is 1. The standard InChI is InChI=1S/C21H22N4O/c1-4-14-10-17(19(26)11-15(14)5-2)21-24-18-9-7-6-8-16(18)20(25-21)23-12-13(3)22/h4-11,13,26H,1-2,12,22H2,3H3,(H,23,24,25). The summed E-state index contributed by atoms with van der Waals surface area (Å²) < 4.78 is 0. The molecule has 26 heavy (non-hydrogen) atoms. The number of rotatable bonds is 6. The van der Waals surface area contributed by atoms with E-state index in [-0.39, 0.29) is 11.8 Å². The summed E-state index contributed by atoms with van der Waals surface area (Å²) in [5.41, 5.74) is 8.85. The van der Waals surface area contributed by atoms with Crippen LogP contribution in [0.2, 0.25) is 0 Å². The van der Waals surface area contributed by atoms with Gasteiger partial charge in [0.25, 0.3) is 0 Å². The van der Waals surface area contributed by atoms with E-state index in [0.717, 1.165) is 22.0 Å². The molecule has 1 unspecified atom stereocenters. The number of phenolic OH excluding ortho intramolecular Hbond substituents is 1. The predicted molar refractivity (Wildman–Crippen MR) is 109 cm³/mol. The van der Waals surface area contributed by atoms with Crippen molar-refractivity contribution >= 4 is 28.9 Å². The van der Waals surface area contributed by atoms with Gasteiger partial charge in [0.1, 0.15) is 11.6 Å². The van der Waals surface area contributed by atoms with E-state index in [4.69, 9.17) is 5.73 Å². The number of phenols is 1. The van der Waals surface area contributed by atoms with Gasteiger partial charge in [0.05, 0.1) is 11.1 Å². The molecule has 1 heterocycles. The first-order valence-corrected chi connectivity index (χ1v) is 8.42. The van der Waals surface area contributed by atoms with Crippen LogP contribution in [0.3, 0.4) is 0 Å². The zero-order valence-corrected chi connectivity index (χ0v) is 14.7. The number of hydrogen-bond donors (Lipinski definition) is 3. The van der Waals surface area contributed by atoms with E-state index in [1.165, 1.54) is 0 Å². The molecule has 0 aliphatic rings. The fraction of sp³-hybridized carbons (Fsp3) is 0.143. The second-order valence-electron chi connectivity index (χ2n) is 6.18. The van der Waals surface area contributed by atoms with Crippen molar-refractivity contribution in [2.75, 3.05) is 11.9 Å². The maximum absolute atomic E-state index is 10.5. The SMILES string of the molecule is C=Cc1cc(O)c(-c2nc(NCC(C)N)c3ccccc3n2)cc1C=C. The van der Waals surface area contributed by atoms with E-state index in [9.17, 15) is 5.11 Å². The van der Waals surface area contributed by atoms with Gasteiger partial charge in [-0.05, 0) is 42.3 Å². The Morgan fingerprint density at radius 1 is 1.15 bits per heavy atom. The number of nitrogens with two attached hydrogens (primary N) is 1. The van der Waals surface area contributed by atoms with Crippen LogP contribution >= 0.6 is 0 Å². The Bertz CT molecular complexity index is 979. The van der Waals surface area contributed by atoms with Gasteiger partial charge in [0.2, 0.25) is 0 Å². The van der Waals surface area contributed by atoms with Crippen LogP contribution in [0.15, 0.2) is 49.6 Å². The monoisotopic (exact) mass is 346 g/mol. The average molecular weight is 346 g/mol. The number of hydrogen-bond acceptors (Lipinski definition) is 5. The van der Waals surface area contributed by atoms with Crippen molar-refractivity contribution in [3.8, 4) is 17.1 Å². The third-order valence-electron chi connectivity index (χ3n) is 4.08. The lowest BCUT2D eigenvalue weighted by molar-refractivity contribution is 0.476. The van der Waals surface area contributed by atoms with Gasteiger partial charge in [0, 0.05) is 18.0 Å². The van der Waals surface area contributed by atoms with Crippen LogP contribution in [0.4, 0.5) is 5.82 Å². The van der Waals surface area contributed by atoms with Crippen molar-refractivity contribution in [1.82, 2.24) is 9.97 Å². The van der Waals surface area contributed by atoms with E-state index in [2.05, 4.69) is 28.4 Å². The van der Waals surface area contributed by atoms with E-state index in [0.29, 0.717) is 23.8 Å². The molecule has 0 bridgehead atoms. The van der Waals surface area contributed by atoms with E-state index >= 15 is 0 Å². The Hall–Kier alpha value is -3.18. The van der Waals surface area contributed by atoms with Crippen LogP contribution in [0.5, 0.6) is 5.75 Å². The molecule has 5 heteroatoms. The molecule has 1 aromatic heterocycles. The molecule has 3 aromatic rings. The van der Waals surface area contributed by atoms with Crippen LogP contribution in [0.25, 0.3) is 34.4 Å². The van der Waals surface area contributed by atoms with Crippen LogP contribution in [0, 0.1) is 0 Å². The van der Waals surface area contributed by atoms with Gasteiger partial charge in [-0.15, -0.1) is 0 Å². The molecule has 2 aromatic carbocycles. The topological polar surface area (TPSA) is 84.1 Å². The maximum Gasteiger partial charge on any atom is 0.165 e. The highest BCUT2D eigenvalue weighted by atomic mass is 16.3. The van der Waals surface area contributed by atoms with Gasteiger partial charge in [0.15, 0.2) is 5.82 Å². The summed E-state index contributed by atoms with van der Waals surface area (Å²) in [6.45, 7) is 10.1. The van der Waals surface area contributed by atoms with Crippen LogP contribution < -0.4 is 11.1 Å². The number of para-hydroxylation sites is 1. The molecule has 0 amide bonds. The molecule has 5 nitrogen and oxygen atoms in total. The predicted octanol–water partition coefficient (Wildman–Crippen LogP) is 4.05. The molecule has 1 atom stereocenters. The first kappa shape index (κ1) is 17.6. The zero-order valence-electron chi connectivity index (χ0n) is 14.7. The minimum Gasteiger partial charge on any atom is -0.507 e. The Morgan fingerprint density at radius 2 is 1.85 bits per heavy atom. The average Bonchev–Trinajstić information content (AvgIpc) is 2.65. The number of nitrogens with zero attached hydrogens (tertiary/aromatic N) is 2. The van der Waals surface area contributed by atoms with Crippen molar-refractivity contribution in [3.05, 3.63) is 60.7 Å². The summed E-state index contributed by atoms with van der Waals surface area (Å²) in [6, 6.07) is 11.2. The molecular formula is C21H22N4O. The van der Waals surface area contributed by atoms with Crippen molar-refractivity contribution in [1.29, 1.82) is 0 Å². The smallest absolute Gasteiger partial charge is 0.165 e. The molecule has 0 saturated carbocycles. The highest BCUT2D eigenvalue weighted by molar-refractivity contribution is 5.91. The lowest BCUT2D eigenvalue weighted by Gasteiger charge is -2.14. The van der Waals surface area contributed by atoms with Gasteiger partial charge in [-0.3, -0.25) is 0 Å². The first-order chi connectivity index (χ1) is 12.5. The summed E-state index contributed by atoms with van der Waals surface area (Å²) in [5, 5.41) is 14.7. The number of fused-ring (bicyclic) bond motifs is 1. The lowest BCUT2D eigenvalue weighted by atomic mass is 10.0. The molecule has 0 spiro atoms. The maximum atomic E-state index is 10.5. The van der Waals surface area contributed by atoms with Gasteiger partial charge >= 0.3 is 0 Å². The molecule has 0 radical (unpaired) electrons. The molecule has 3 rings (SSSR count). The summed E-state index contributed by atoms with van der Waals surface area (Å²) in [5.74, 6) is 1.22. The summed E-state index contributed by atoms with van der Waals surface area (Å²) in [4.78, 5) is 9.26. The third kappa shape index (κ3) is 3.43. The lowest BCUT2D eigenvalue weighted by Crippen LogP contribution is -2.25. The molecule has 0 aliphatic carbocycles. The van der Waals surface area contributed by atoms with Crippen molar-refractivity contribution in [3.63, 3.8) is 0 Å². The summed E-state index contributed by atoms with van der Waals surface area (Å²) in [6.07, 6.45) is 3.40. The molecule has 132 valence electrons. The minimum absolute atomic E-state index is 0.0141. The second kappa shape index (κ2) is 7.37. The van der Waals surface area contributed by atoms with Gasteiger partial charge in [-0.1, -0.05) is 37.4 Å². The zero-order chi connectivity index (χ0) is 18.7. The minimum atomic E-state index is -0.0141. The Kier molecular flexibility index (Phi) is 5.00. The Labute approximate surface area is 152 Å². The van der Waals surface area contributed by atoms with Crippen molar-refractivity contribution in [2.45, 2.75) is 13.0 Å². The molecule has 0 saturated heterocycles.